The maximum Gasteiger partial charge on any atom is 0.307 e. The Morgan fingerprint density at radius 2 is 1.36 bits per heavy atom. The van der Waals surface area contributed by atoms with Crippen LogP contribution in [0.4, 0.5) is 11.8 Å². The number of nitrogens with two attached hydrogens (primary N) is 5. The molecule has 2 aromatic heterocycles. The predicted octanol–water partition coefficient (Wildman–Crippen LogP) is -0.908. The fourth-order valence-electron chi connectivity index (χ4n) is 9.18. The van der Waals surface area contributed by atoms with E-state index in [0.717, 1.165) is 22.2 Å². The molecule has 30 nitrogen and oxygen atoms in total. The first-order valence-electron chi connectivity index (χ1n) is 29.9. The van der Waals surface area contributed by atoms with Crippen LogP contribution in [0, 0.1) is 11.8 Å². The number of hydrogen-bond acceptors (Lipinski definition) is 20. The third kappa shape index (κ3) is 23.2. The van der Waals surface area contributed by atoms with Crippen LogP contribution in [-0.4, -0.2) is 177 Å². The summed E-state index contributed by atoms with van der Waals surface area (Å²) in [5.74, 6) is -7.17. The van der Waals surface area contributed by atoms with Gasteiger partial charge in [-0.3, -0.25) is 57.8 Å². The number of imide groups is 1. The van der Waals surface area contributed by atoms with Crippen molar-refractivity contribution >= 4 is 99.8 Å². The number of ether oxygens (including phenoxy) is 1. The maximum absolute atomic E-state index is 14.2. The van der Waals surface area contributed by atoms with E-state index in [4.69, 9.17) is 33.4 Å². The molecule has 3 aromatic rings. The number of anilines is 2. The van der Waals surface area contributed by atoms with Gasteiger partial charge in [-0.1, -0.05) is 70.9 Å². The number of carbonyl (C=O) groups excluding carboxylic acids is 10. The Hall–Kier alpha value is -8.19. The van der Waals surface area contributed by atoms with Gasteiger partial charge in [-0.15, -0.1) is 11.8 Å². The number of guanidine groups is 1. The van der Waals surface area contributed by atoms with E-state index in [1.54, 1.807) is 27.1 Å². The van der Waals surface area contributed by atoms with Crippen LogP contribution in [0.5, 0.6) is 0 Å². The molecule has 1 saturated heterocycles. The van der Waals surface area contributed by atoms with Crippen LogP contribution >= 0.6 is 11.8 Å². The minimum absolute atomic E-state index is 0.0354. The second-order valence-corrected chi connectivity index (χ2v) is 22.7. The van der Waals surface area contributed by atoms with Crippen molar-refractivity contribution in [1.29, 1.82) is 0 Å². The number of fused-ring (bicyclic) bond motifs is 1. The summed E-state index contributed by atoms with van der Waals surface area (Å²) in [5, 5.41) is 21.5. The number of nitrogens with zero attached hydrogens (tertiary/aromatic N) is 6. The zero-order valence-corrected chi connectivity index (χ0v) is 52.1. The smallest absolute Gasteiger partial charge is 0.307 e. The fourth-order valence-corrected chi connectivity index (χ4v) is 10.3. The number of unbranched alkanes of at least 4 members (excludes halogenated alkanes) is 1. The average molecular weight is 1250 g/mol. The highest BCUT2D eigenvalue weighted by atomic mass is 32.2. The molecule has 0 bridgehead atoms. The number of esters is 1. The summed E-state index contributed by atoms with van der Waals surface area (Å²) in [4.78, 5) is 153. The molecule has 0 saturated carbocycles. The zero-order valence-electron chi connectivity index (χ0n) is 51.3. The van der Waals surface area contributed by atoms with E-state index in [-0.39, 0.29) is 82.3 Å². The van der Waals surface area contributed by atoms with Crippen molar-refractivity contribution in [2.24, 2.45) is 45.5 Å². The number of primary amides is 1. The molecule has 9 atom stereocenters. The van der Waals surface area contributed by atoms with Gasteiger partial charge in [0.25, 0.3) is 0 Å². The Bertz CT molecular complexity index is 2860. The van der Waals surface area contributed by atoms with Crippen LogP contribution in [-0.2, 0) is 65.8 Å². The van der Waals surface area contributed by atoms with Crippen molar-refractivity contribution in [3.63, 3.8) is 0 Å². The molecule has 9 amide bonds. The van der Waals surface area contributed by atoms with Crippen LogP contribution < -0.4 is 71.2 Å². The number of amides is 9. The molecule has 3 unspecified atom stereocenters. The summed E-state index contributed by atoms with van der Waals surface area (Å²) in [6.45, 7) is 10.8. The number of aromatic nitrogens is 4. The standard InChI is InChI=1S/C57H91N19O11S/c1-7-33(4)44(53(84)63-6)71-51(82)37(19-13-14-24-58)70-54(85)45(34(5)8-2)72-52(83)39(21-22-41(60)77)69-50(81)38(20-15-25-64-56(61)62)68-49(80)36(59)31-88-40-29-42(78)76(55(40)86)27-23-43(79)87-28-16-26-65-57-73-47(66-30-35-17-11-10-12-18-35)46-48(74-57)75(9-3)32-67-46/h10-12,17-18,32-34,36-40,44-45H,7-9,13-16,19-31,58-59H2,1-6H3,(H2,60,77)(H,63,84)(H,68,80)(H,69,81)(H,70,85)(H,71,82)(H,72,83)(H4,61,62,64)(H2,65,66,73,74)/t33?,34?,36-,37-,38-,39-,40?,44-,45-/m0/s1. The van der Waals surface area contributed by atoms with Gasteiger partial charge in [0.15, 0.2) is 22.9 Å². The Kier molecular flexibility index (Phi) is 30.8. The SMILES string of the molecule is CCC(C)[C@H](NC(=O)[C@H](CCCCN)NC(=O)[C@@H](NC(=O)[C@H](CCC(N)=O)NC(=O)[C@H](CCCN=C(N)N)NC(=O)[C@@H](N)CSC1CC(=O)N(CCC(=O)OCCCNc2nc(NCc3ccccc3)c3ncn(CC)c3n2)C1=O)C(C)CC)C(=O)NC. The Balaban J connectivity index is 1.34. The highest BCUT2D eigenvalue weighted by Crippen LogP contribution is 2.26. The number of likely N-dealkylation sites (N-methyl/N-ethyl adjacent to an activating group) is 1. The first kappa shape index (κ1) is 72.3. The van der Waals surface area contributed by atoms with Gasteiger partial charge in [0.1, 0.15) is 30.2 Å². The Morgan fingerprint density at radius 1 is 0.750 bits per heavy atom. The lowest BCUT2D eigenvalue weighted by atomic mass is 9.96. The molecule has 0 spiro atoms. The number of rotatable bonds is 41. The van der Waals surface area contributed by atoms with E-state index in [1.165, 1.54) is 7.05 Å². The molecule has 1 aromatic carbocycles. The number of carbonyl (C=O) groups is 10. The lowest BCUT2D eigenvalue weighted by molar-refractivity contribution is -0.145. The summed E-state index contributed by atoms with van der Waals surface area (Å²) >= 11 is 0.946. The number of thioether (sulfide) groups is 1. The van der Waals surface area contributed by atoms with E-state index in [0.29, 0.717) is 81.2 Å². The Labute approximate surface area is 517 Å². The second kappa shape index (κ2) is 37.5. The van der Waals surface area contributed by atoms with Gasteiger partial charge in [0.2, 0.25) is 59.1 Å². The number of hydrogen-bond donors (Lipinski definition) is 13. The highest BCUT2D eigenvalue weighted by Gasteiger charge is 2.40. The molecule has 1 aliphatic rings. The molecule has 4 rings (SSSR count). The van der Waals surface area contributed by atoms with Crippen molar-refractivity contribution in [2.75, 3.05) is 56.2 Å². The molecule has 1 aliphatic heterocycles. The summed E-state index contributed by atoms with van der Waals surface area (Å²) in [7, 11) is 1.45. The maximum atomic E-state index is 14.2. The topological polar surface area (TPSA) is 465 Å². The van der Waals surface area contributed by atoms with Crippen LogP contribution in [0.3, 0.4) is 0 Å². The number of likely N-dealkylation sites (tertiary alicyclic amines) is 1. The summed E-state index contributed by atoms with van der Waals surface area (Å²) < 4.78 is 7.30. The van der Waals surface area contributed by atoms with E-state index >= 15 is 0 Å². The molecule has 31 heteroatoms. The molecule has 3 heterocycles. The van der Waals surface area contributed by atoms with E-state index in [9.17, 15) is 47.9 Å². The molecule has 1 fully saturated rings. The van der Waals surface area contributed by atoms with Crippen molar-refractivity contribution < 1.29 is 52.7 Å². The molecule has 88 heavy (non-hydrogen) atoms. The van der Waals surface area contributed by atoms with Crippen molar-refractivity contribution in [2.45, 2.75) is 166 Å². The number of imidazole rings is 1. The molecular formula is C57H91N19O11S. The Morgan fingerprint density at radius 3 is 1.98 bits per heavy atom. The highest BCUT2D eigenvalue weighted by molar-refractivity contribution is 8.00. The van der Waals surface area contributed by atoms with Gasteiger partial charge in [-0.2, -0.15) is 9.97 Å². The fraction of sp³-hybridized carbons (Fsp3) is 0.614. The quantitative estimate of drug-likeness (QED) is 0.0108. The van der Waals surface area contributed by atoms with Crippen LogP contribution in [0.15, 0.2) is 41.7 Å². The van der Waals surface area contributed by atoms with Crippen LogP contribution in [0.25, 0.3) is 11.2 Å². The van der Waals surface area contributed by atoms with Crippen molar-refractivity contribution in [1.82, 2.24) is 56.3 Å². The molecule has 0 radical (unpaired) electrons. The van der Waals surface area contributed by atoms with E-state index in [1.807, 2.05) is 48.7 Å². The van der Waals surface area contributed by atoms with Gasteiger partial charge in [0.05, 0.1) is 30.6 Å². The van der Waals surface area contributed by atoms with E-state index < -0.39 is 107 Å². The number of benzene rings is 1. The second-order valence-electron chi connectivity index (χ2n) is 21.5. The normalized spacial score (nSPS) is 15.7. The lowest BCUT2D eigenvalue weighted by Crippen LogP contribution is -2.61. The van der Waals surface area contributed by atoms with E-state index in [2.05, 4.69) is 62.5 Å². The molecule has 486 valence electrons. The zero-order chi connectivity index (χ0) is 64.9. The van der Waals surface area contributed by atoms with Gasteiger partial charge < -0.3 is 80.5 Å². The van der Waals surface area contributed by atoms with Gasteiger partial charge in [-0.25, -0.2) is 4.98 Å². The first-order chi connectivity index (χ1) is 42.0. The number of nitrogens with one attached hydrogen (secondary N) is 8. The number of aryl methyl sites for hydroxylation is 1. The van der Waals surface area contributed by atoms with Crippen molar-refractivity contribution in [3.8, 4) is 0 Å². The number of aliphatic imine (C=N–C) groups is 1. The summed E-state index contributed by atoms with van der Waals surface area (Å²) in [6, 6.07) is 2.35. The molecular weight excluding hydrogens is 1160 g/mol. The van der Waals surface area contributed by atoms with Crippen molar-refractivity contribution in [3.05, 3.63) is 42.2 Å². The first-order valence-corrected chi connectivity index (χ1v) is 31.0. The third-order valence-corrected chi connectivity index (χ3v) is 16.2. The minimum Gasteiger partial charge on any atom is -0.466 e. The molecule has 0 aliphatic carbocycles. The summed E-state index contributed by atoms with van der Waals surface area (Å²) in [5.41, 5.74) is 30.9. The monoisotopic (exact) mass is 1250 g/mol. The average Bonchev–Trinajstić information content (AvgIpc) is 3.49. The van der Waals surface area contributed by atoms with Gasteiger partial charge in [0, 0.05) is 58.4 Å². The van der Waals surface area contributed by atoms with Gasteiger partial charge >= 0.3 is 5.97 Å². The van der Waals surface area contributed by atoms with Crippen LogP contribution in [0.1, 0.15) is 117 Å². The largest absolute Gasteiger partial charge is 0.466 e. The predicted molar refractivity (Wildman–Crippen MR) is 333 cm³/mol. The molecule has 18 N–H and O–H groups in total. The summed E-state index contributed by atoms with van der Waals surface area (Å²) in [6.07, 6.45) is 3.05. The lowest BCUT2D eigenvalue weighted by Gasteiger charge is -2.30. The minimum atomic E-state index is -1.49. The third-order valence-electron chi connectivity index (χ3n) is 14.8. The van der Waals surface area contributed by atoms with Crippen LogP contribution in [0.2, 0.25) is 0 Å². The van der Waals surface area contributed by atoms with Gasteiger partial charge in [-0.05, 0) is 75.8 Å².